The molecule has 1 N–H and O–H groups in total. The predicted octanol–water partition coefficient (Wildman–Crippen LogP) is 6.81. The molecule has 0 aliphatic carbocycles. The van der Waals surface area contributed by atoms with Gasteiger partial charge in [0.1, 0.15) is 11.4 Å². The lowest BCUT2D eigenvalue weighted by molar-refractivity contribution is -0.384. The van der Waals surface area contributed by atoms with Gasteiger partial charge in [-0.1, -0.05) is 34.6 Å². The van der Waals surface area contributed by atoms with Gasteiger partial charge in [0.2, 0.25) is 0 Å². The number of non-ortho nitro benzene ring substituents is 1. The normalized spacial score (nSPS) is 14.6. The Balaban J connectivity index is 1.92. The van der Waals surface area contributed by atoms with Gasteiger partial charge in [-0.25, -0.2) is 4.68 Å². The van der Waals surface area contributed by atoms with Crippen molar-refractivity contribution in [3.8, 4) is 22.7 Å². The molecular weight excluding hydrogens is 504 g/mol. The molecule has 198 valence electrons. The van der Waals surface area contributed by atoms with Crippen LogP contribution in [0.15, 0.2) is 47.5 Å². The summed E-state index contributed by atoms with van der Waals surface area (Å²) in [5.74, 6) is 0.813. The monoisotopic (exact) mass is 534 g/mol. The summed E-state index contributed by atoms with van der Waals surface area (Å²) in [6.45, 7) is 11.2. The lowest BCUT2D eigenvalue weighted by atomic mass is 9.90. The zero-order chi connectivity index (χ0) is 27.6. The minimum atomic E-state index is -0.455. The summed E-state index contributed by atoms with van der Waals surface area (Å²) in [5, 5.41) is 17.8. The van der Waals surface area contributed by atoms with Crippen LogP contribution in [0, 0.1) is 10.1 Å². The second-order valence-electron chi connectivity index (χ2n) is 9.65. The first-order valence-electron chi connectivity index (χ1n) is 12.5. The van der Waals surface area contributed by atoms with Gasteiger partial charge in [-0.3, -0.25) is 25.0 Å². The van der Waals surface area contributed by atoms with Crippen LogP contribution in [0.25, 0.3) is 23.0 Å². The van der Waals surface area contributed by atoms with E-state index in [1.807, 2.05) is 0 Å². The van der Waals surface area contributed by atoms with Crippen molar-refractivity contribution in [1.82, 2.24) is 15.1 Å². The molecule has 9 nitrogen and oxygen atoms in total. The lowest BCUT2D eigenvalue weighted by Gasteiger charge is -2.21. The second-order valence-corrected chi connectivity index (χ2v) is 10.7. The summed E-state index contributed by atoms with van der Waals surface area (Å²) < 4.78 is 7.83. The Morgan fingerprint density at radius 2 is 1.74 bits per heavy atom. The highest BCUT2D eigenvalue weighted by Crippen LogP contribution is 2.40. The van der Waals surface area contributed by atoms with Gasteiger partial charge >= 0.3 is 0 Å². The molecule has 1 aliphatic rings. The van der Waals surface area contributed by atoms with E-state index in [9.17, 15) is 19.7 Å². The Morgan fingerprint density at radius 1 is 1.11 bits per heavy atom. The zero-order valence-electron chi connectivity index (χ0n) is 22.0. The lowest BCUT2D eigenvalue weighted by Crippen LogP contribution is -2.17. The van der Waals surface area contributed by atoms with Crippen LogP contribution < -0.4 is 10.1 Å². The molecule has 1 aromatic heterocycles. The third kappa shape index (κ3) is 5.65. The van der Waals surface area contributed by atoms with E-state index >= 15 is 0 Å². The highest BCUT2D eigenvalue weighted by Gasteiger charge is 2.27. The van der Waals surface area contributed by atoms with Crippen LogP contribution in [0.1, 0.15) is 69.6 Å². The van der Waals surface area contributed by atoms with Gasteiger partial charge in [-0.15, -0.1) is 0 Å². The van der Waals surface area contributed by atoms with Gasteiger partial charge in [0.25, 0.3) is 16.8 Å². The number of carbonyl (C=O) groups is 2. The van der Waals surface area contributed by atoms with Crippen LogP contribution in [-0.4, -0.2) is 32.5 Å². The van der Waals surface area contributed by atoms with Gasteiger partial charge in [0.15, 0.2) is 0 Å². The van der Waals surface area contributed by atoms with E-state index in [1.165, 1.54) is 12.1 Å². The molecule has 38 heavy (non-hydrogen) atoms. The van der Waals surface area contributed by atoms with Crippen LogP contribution >= 0.6 is 11.8 Å². The van der Waals surface area contributed by atoms with E-state index in [0.29, 0.717) is 23.6 Å². The summed E-state index contributed by atoms with van der Waals surface area (Å²) in [6, 6.07) is 10.2. The average Bonchev–Trinajstić information content (AvgIpc) is 3.44. The fraction of sp³-hybridized carbons (Fsp3) is 0.321. The van der Waals surface area contributed by atoms with Crippen LogP contribution in [0.2, 0.25) is 0 Å². The molecule has 2 heterocycles. The Morgan fingerprint density at radius 3 is 2.24 bits per heavy atom. The van der Waals surface area contributed by atoms with Crippen molar-refractivity contribution in [2.45, 2.75) is 52.9 Å². The first-order valence-corrected chi connectivity index (χ1v) is 13.3. The van der Waals surface area contributed by atoms with Gasteiger partial charge < -0.3 is 4.74 Å². The van der Waals surface area contributed by atoms with Crippen molar-refractivity contribution < 1.29 is 19.2 Å². The number of thioether (sulfide) groups is 1. The Hall–Kier alpha value is -3.92. The maximum atomic E-state index is 12.3. The number of benzene rings is 2. The molecule has 0 bridgehead atoms. The Bertz CT molecular complexity index is 1390. The number of amides is 2. The molecule has 0 spiro atoms. The maximum absolute atomic E-state index is 12.3. The Labute approximate surface area is 225 Å². The molecule has 2 aromatic carbocycles. The number of imide groups is 1. The van der Waals surface area contributed by atoms with Crippen molar-refractivity contribution in [1.29, 1.82) is 0 Å². The SMILES string of the molecule is CCCOc1c(C(C)C)cc(-c2nn(-c3ccc([N+](=O)[O-])cc3)cc2/C=C2\SC(=O)NC2=O)cc1C(C)C. The molecular formula is C28H30N4O5S. The van der Waals surface area contributed by atoms with Crippen molar-refractivity contribution in [3.05, 3.63) is 74.3 Å². The number of rotatable bonds is 9. The highest BCUT2D eigenvalue weighted by molar-refractivity contribution is 8.18. The number of nitro groups is 1. The molecule has 2 amide bonds. The summed E-state index contributed by atoms with van der Waals surface area (Å²) in [7, 11) is 0. The fourth-order valence-electron chi connectivity index (χ4n) is 4.18. The largest absolute Gasteiger partial charge is 0.493 e. The quantitative estimate of drug-likeness (QED) is 0.182. The zero-order valence-corrected chi connectivity index (χ0v) is 22.8. The van der Waals surface area contributed by atoms with E-state index in [4.69, 9.17) is 9.84 Å². The fourth-order valence-corrected chi connectivity index (χ4v) is 4.85. The molecule has 0 saturated carbocycles. The Kier molecular flexibility index (Phi) is 8.01. The van der Waals surface area contributed by atoms with E-state index in [2.05, 4.69) is 52.1 Å². The highest BCUT2D eigenvalue weighted by atomic mass is 32.2. The standard InChI is InChI=1S/C28H30N4O5S/c1-6-11-37-26-22(16(2)3)12-18(13-23(26)17(4)5)25-19(14-24-27(33)29-28(34)38-24)15-31(30-25)20-7-9-21(10-8-20)32(35)36/h7-10,12-17H,6,11H2,1-5H3,(H,29,33,34)/b24-14-. The number of aromatic nitrogens is 2. The number of hydrogen-bond donors (Lipinski definition) is 1. The summed E-state index contributed by atoms with van der Waals surface area (Å²) in [6.07, 6.45) is 4.30. The van der Waals surface area contributed by atoms with E-state index in [0.717, 1.165) is 40.6 Å². The minimum Gasteiger partial charge on any atom is -0.493 e. The topological polar surface area (TPSA) is 116 Å². The number of nitrogens with zero attached hydrogens (tertiary/aromatic N) is 3. The van der Waals surface area contributed by atoms with Crippen molar-refractivity contribution >= 4 is 34.7 Å². The van der Waals surface area contributed by atoms with Crippen LogP contribution in [-0.2, 0) is 4.79 Å². The number of nitrogens with one attached hydrogen (secondary N) is 1. The maximum Gasteiger partial charge on any atom is 0.290 e. The molecule has 1 aliphatic heterocycles. The number of nitro benzene ring substituents is 1. The molecule has 0 radical (unpaired) electrons. The van der Waals surface area contributed by atoms with Crippen LogP contribution in [0.5, 0.6) is 5.75 Å². The van der Waals surface area contributed by atoms with Gasteiger partial charge in [0, 0.05) is 29.5 Å². The van der Waals surface area contributed by atoms with E-state index in [-0.39, 0.29) is 22.4 Å². The van der Waals surface area contributed by atoms with Crippen molar-refractivity contribution in [3.63, 3.8) is 0 Å². The number of hydrogen-bond acceptors (Lipinski definition) is 7. The summed E-state index contributed by atoms with van der Waals surface area (Å²) in [5.41, 5.74) is 4.84. The first-order chi connectivity index (χ1) is 18.1. The third-order valence-corrected chi connectivity index (χ3v) is 6.92. The van der Waals surface area contributed by atoms with Gasteiger partial charge in [-0.05, 0) is 71.5 Å². The average molecular weight is 535 g/mol. The van der Waals surface area contributed by atoms with Gasteiger partial charge in [-0.2, -0.15) is 5.10 Å². The molecule has 10 heteroatoms. The predicted molar refractivity (Wildman–Crippen MR) is 149 cm³/mol. The van der Waals surface area contributed by atoms with Crippen molar-refractivity contribution in [2.24, 2.45) is 0 Å². The molecule has 1 saturated heterocycles. The smallest absolute Gasteiger partial charge is 0.290 e. The number of ether oxygens (including phenoxy) is 1. The van der Waals surface area contributed by atoms with Crippen LogP contribution in [0.3, 0.4) is 0 Å². The third-order valence-electron chi connectivity index (χ3n) is 6.11. The molecule has 4 rings (SSSR count). The molecule has 3 aromatic rings. The minimum absolute atomic E-state index is 0.0215. The van der Waals surface area contributed by atoms with Crippen molar-refractivity contribution in [2.75, 3.05) is 6.61 Å². The number of carbonyl (C=O) groups excluding carboxylic acids is 2. The first kappa shape index (κ1) is 27.1. The summed E-state index contributed by atoms with van der Waals surface area (Å²) >= 11 is 0.840. The van der Waals surface area contributed by atoms with Crippen LogP contribution in [0.4, 0.5) is 10.5 Å². The summed E-state index contributed by atoms with van der Waals surface area (Å²) in [4.78, 5) is 35.0. The second kappa shape index (κ2) is 11.2. The molecule has 1 fully saturated rings. The molecule has 0 unspecified atom stereocenters. The van der Waals surface area contributed by atoms with E-state index < -0.39 is 16.1 Å². The van der Waals surface area contributed by atoms with E-state index in [1.54, 1.807) is 29.1 Å². The molecule has 0 atom stereocenters. The van der Waals surface area contributed by atoms with Gasteiger partial charge in [0.05, 0.1) is 22.1 Å².